The van der Waals surface area contributed by atoms with Gasteiger partial charge in [0.15, 0.2) is 0 Å². The zero-order chi connectivity index (χ0) is 21.3. The number of halogens is 1. The zero-order valence-corrected chi connectivity index (χ0v) is 18.0. The molecule has 0 bridgehead atoms. The van der Waals surface area contributed by atoms with Gasteiger partial charge in [-0.2, -0.15) is 9.40 Å². The van der Waals surface area contributed by atoms with E-state index in [4.69, 9.17) is 11.6 Å². The molecule has 1 N–H and O–H groups in total. The number of carbonyl (C=O) groups excluding carboxylic acids is 1. The molecule has 1 amide bonds. The molecule has 8 nitrogen and oxygen atoms in total. The van der Waals surface area contributed by atoms with E-state index in [0.717, 1.165) is 18.4 Å². The Balaban J connectivity index is 1.52. The van der Waals surface area contributed by atoms with Crippen LogP contribution >= 0.6 is 11.6 Å². The summed E-state index contributed by atoms with van der Waals surface area (Å²) in [5.74, 6) is 0.110. The van der Waals surface area contributed by atoms with Crippen LogP contribution in [0.3, 0.4) is 0 Å². The van der Waals surface area contributed by atoms with Crippen LogP contribution in [0.5, 0.6) is 0 Å². The third-order valence-corrected chi connectivity index (χ3v) is 7.23. The number of amides is 1. The van der Waals surface area contributed by atoms with Crippen molar-refractivity contribution in [1.29, 1.82) is 0 Å². The van der Waals surface area contributed by atoms with Crippen LogP contribution in [0, 0.1) is 0 Å². The van der Waals surface area contributed by atoms with Crippen LogP contribution in [0.1, 0.15) is 28.9 Å². The third kappa shape index (κ3) is 4.14. The van der Waals surface area contributed by atoms with Gasteiger partial charge < -0.3 is 9.88 Å². The largest absolute Gasteiger partial charge is 0.345 e. The highest BCUT2D eigenvalue weighted by molar-refractivity contribution is 7.89. The van der Waals surface area contributed by atoms with Crippen LogP contribution in [0.25, 0.3) is 0 Å². The smallest absolute Gasteiger partial charge is 0.273 e. The van der Waals surface area contributed by atoms with Crippen LogP contribution in [0.4, 0.5) is 5.82 Å². The highest BCUT2D eigenvalue weighted by Crippen LogP contribution is 2.23. The van der Waals surface area contributed by atoms with Gasteiger partial charge in [0.25, 0.3) is 5.91 Å². The average molecular weight is 448 g/mol. The Morgan fingerprint density at radius 2 is 1.87 bits per heavy atom. The van der Waals surface area contributed by atoms with Crippen molar-refractivity contribution in [2.45, 2.75) is 24.3 Å². The molecule has 1 saturated heterocycles. The third-order valence-electron chi connectivity index (χ3n) is 5.12. The fourth-order valence-electron chi connectivity index (χ4n) is 3.49. The van der Waals surface area contributed by atoms with Crippen molar-refractivity contribution < 1.29 is 13.2 Å². The quantitative estimate of drug-likeness (QED) is 0.629. The number of benzene rings is 1. The van der Waals surface area contributed by atoms with E-state index in [2.05, 4.69) is 10.4 Å². The lowest BCUT2D eigenvalue weighted by molar-refractivity contribution is 0.101. The minimum atomic E-state index is -3.58. The Kier molecular flexibility index (Phi) is 5.68. The summed E-state index contributed by atoms with van der Waals surface area (Å²) in [4.78, 5) is 13.0. The fraction of sp³-hybridized carbons (Fsp3) is 0.300. The van der Waals surface area contributed by atoms with Crippen LogP contribution in [-0.2, 0) is 23.6 Å². The van der Waals surface area contributed by atoms with E-state index in [1.54, 1.807) is 36.1 Å². The Labute approximate surface area is 180 Å². The van der Waals surface area contributed by atoms with Crippen molar-refractivity contribution in [3.05, 3.63) is 65.1 Å². The second-order valence-corrected chi connectivity index (χ2v) is 9.61. The highest BCUT2D eigenvalue weighted by atomic mass is 35.5. The standard InChI is InChI=1S/C20H22ClN5O3S/c1-24-14-17(30(28,29)25-10-2-3-11-25)12-18(24)20(27)23-19-8-9-22-26(19)13-15-4-6-16(21)7-5-15/h4-9,12,14H,2-3,10-11,13H2,1H3,(H,23,27). The van der Waals surface area contributed by atoms with Crippen molar-refractivity contribution in [2.24, 2.45) is 7.05 Å². The minimum absolute atomic E-state index is 0.131. The Morgan fingerprint density at radius 3 is 2.57 bits per heavy atom. The molecule has 1 fully saturated rings. The summed E-state index contributed by atoms with van der Waals surface area (Å²) in [6.45, 7) is 1.49. The second kappa shape index (κ2) is 8.25. The number of hydrogen-bond donors (Lipinski definition) is 1. The van der Waals surface area contributed by atoms with E-state index >= 15 is 0 Å². The molecule has 0 aliphatic carbocycles. The van der Waals surface area contributed by atoms with Gasteiger partial charge in [-0.05, 0) is 36.6 Å². The van der Waals surface area contributed by atoms with Crippen molar-refractivity contribution in [3.63, 3.8) is 0 Å². The normalized spacial score (nSPS) is 14.9. The molecule has 0 unspecified atom stereocenters. The molecule has 0 radical (unpaired) electrons. The lowest BCUT2D eigenvalue weighted by Crippen LogP contribution is -2.27. The van der Waals surface area contributed by atoms with Crippen LogP contribution in [-0.4, -0.2) is 46.1 Å². The number of hydrogen-bond acceptors (Lipinski definition) is 4. The van der Waals surface area contributed by atoms with Crippen LogP contribution < -0.4 is 5.32 Å². The monoisotopic (exact) mass is 447 g/mol. The van der Waals surface area contributed by atoms with E-state index < -0.39 is 15.9 Å². The predicted molar refractivity (Wildman–Crippen MR) is 114 cm³/mol. The summed E-state index contributed by atoms with van der Waals surface area (Å²) < 4.78 is 30.2. The first-order valence-corrected chi connectivity index (χ1v) is 11.4. The lowest BCUT2D eigenvalue weighted by Gasteiger charge is -2.13. The van der Waals surface area contributed by atoms with Crippen molar-refractivity contribution in [2.75, 3.05) is 18.4 Å². The first kappa shape index (κ1) is 20.6. The molecule has 0 atom stereocenters. The van der Waals surface area contributed by atoms with Crippen molar-refractivity contribution in [1.82, 2.24) is 18.7 Å². The van der Waals surface area contributed by atoms with Gasteiger partial charge in [-0.3, -0.25) is 4.79 Å². The molecule has 1 aromatic carbocycles. The molecule has 30 heavy (non-hydrogen) atoms. The molecule has 1 aliphatic heterocycles. The minimum Gasteiger partial charge on any atom is -0.345 e. The Hall–Kier alpha value is -2.62. The van der Waals surface area contributed by atoms with Crippen LogP contribution in [0.15, 0.2) is 53.7 Å². The second-order valence-electron chi connectivity index (χ2n) is 7.24. The number of rotatable bonds is 6. The summed E-state index contributed by atoms with van der Waals surface area (Å²) in [6, 6.07) is 10.5. The van der Waals surface area contributed by atoms with E-state index in [1.165, 1.54) is 21.1 Å². The summed E-state index contributed by atoms with van der Waals surface area (Å²) >= 11 is 5.92. The van der Waals surface area contributed by atoms with Gasteiger partial charge in [0, 0.05) is 37.4 Å². The lowest BCUT2D eigenvalue weighted by atomic mass is 10.2. The maximum atomic E-state index is 12.8. The van der Waals surface area contributed by atoms with Gasteiger partial charge in [-0.15, -0.1) is 0 Å². The maximum absolute atomic E-state index is 12.8. The molecule has 0 saturated carbocycles. The SMILES string of the molecule is Cn1cc(S(=O)(=O)N2CCCC2)cc1C(=O)Nc1ccnn1Cc1ccc(Cl)cc1. The molecule has 1 aliphatic rings. The van der Waals surface area contributed by atoms with Gasteiger partial charge in [0.05, 0.1) is 12.7 Å². The number of anilines is 1. The van der Waals surface area contributed by atoms with Crippen molar-refractivity contribution in [3.8, 4) is 0 Å². The predicted octanol–water partition coefficient (Wildman–Crippen LogP) is 2.96. The van der Waals surface area contributed by atoms with Crippen molar-refractivity contribution >= 4 is 33.3 Å². The van der Waals surface area contributed by atoms with Gasteiger partial charge in [0.1, 0.15) is 16.4 Å². The van der Waals surface area contributed by atoms with E-state index in [-0.39, 0.29) is 10.6 Å². The molecule has 158 valence electrons. The average Bonchev–Trinajstić information content (AvgIpc) is 3.45. The zero-order valence-electron chi connectivity index (χ0n) is 16.5. The van der Waals surface area contributed by atoms with E-state index in [0.29, 0.717) is 30.5 Å². The number of nitrogens with one attached hydrogen (secondary N) is 1. The number of nitrogens with zero attached hydrogens (tertiary/aromatic N) is 4. The number of carbonyl (C=O) groups is 1. The number of sulfonamides is 1. The summed E-state index contributed by atoms with van der Waals surface area (Å²) in [6.07, 6.45) is 4.79. The fourth-order valence-corrected chi connectivity index (χ4v) is 5.20. The summed E-state index contributed by atoms with van der Waals surface area (Å²) in [7, 11) is -1.93. The number of aryl methyl sites for hydroxylation is 1. The first-order valence-electron chi connectivity index (χ1n) is 9.59. The van der Waals surface area contributed by atoms with Gasteiger partial charge in [0.2, 0.25) is 10.0 Å². The van der Waals surface area contributed by atoms with Crippen LogP contribution in [0.2, 0.25) is 5.02 Å². The summed E-state index contributed by atoms with van der Waals surface area (Å²) in [5, 5.41) is 7.73. The van der Waals surface area contributed by atoms with E-state index in [1.807, 2.05) is 12.1 Å². The molecule has 3 heterocycles. The molecular weight excluding hydrogens is 426 g/mol. The molecule has 3 aromatic rings. The molecule has 2 aromatic heterocycles. The Bertz CT molecular complexity index is 1160. The topological polar surface area (TPSA) is 89.2 Å². The van der Waals surface area contributed by atoms with Gasteiger partial charge >= 0.3 is 0 Å². The first-order chi connectivity index (χ1) is 14.3. The Morgan fingerprint density at radius 1 is 1.17 bits per heavy atom. The van der Waals surface area contributed by atoms with Gasteiger partial charge in [-0.1, -0.05) is 23.7 Å². The van der Waals surface area contributed by atoms with Gasteiger partial charge in [-0.25, -0.2) is 13.1 Å². The molecular formula is C20H22ClN5O3S. The molecule has 4 rings (SSSR count). The maximum Gasteiger partial charge on any atom is 0.273 e. The molecule has 10 heteroatoms. The summed E-state index contributed by atoms with van der Waals surface area (Å²) in [5.41, 5.74) is 1.24. The highest BCUT2D eigenvalue weighted by Gasteiger charge is 2.29. The molecule has 0 spiro atoms. The number of aromatic nitrogens is 3. The van der Waals surface area contributed by atoms with E-state index in [9.17, 15) is 13.2 Å².